The highest BCUT2D eigenvalue weighted by atomic mass is 16.8. The van der Waals surface area contributed by atoms with Crippen LogP contribution in [-0.4, -0.2) is 187 Å². The Morgan fingerprint density at radius 1 is 0.480 bits per heavy atom. The highest BCUT2D eigenvalue weighted by Gasteiger charge is 2.61. The van der Waals surface area contributed by atoms with E-state index in [1.165, 1.54) is 6.08 Å². The van der Waals surface area contributed by atoms with Gasteiger partial charge in [-0.25, -0.2) is 9.59 Å². The van der Waals surface area contributed by atoms with Crippen molar-refractivity contribution in [2.45, 2.75) is 176 Å². The van der Waals surface area contributed by atoms with E-state index >= 15 is 0 Å². The summed E-state index contributed by atoms with van der Waals surface area (Å²) in [4.78, 5) is 75.2. The summed E-state index contributed by atoms with van der Waals surface area (Å²) in [5.74, 6) is -4.66. The van der Waals surface area contributed by atoms with Crippen LogP contribution < -0.4 is 0 Å². The molecule has 0 unspecified atom stereocenters. The number of hydrogen-bond donors (Lipinski definition) is 0. The Balaban J connectivity index is 1.06. The van der Waals surface area contributed by atoms with Gasteiger partial charge in [0, 0.05) is 36.2 Å². The molecule has 30 nitrogen and oxygen atoms in total. The molecule has 5 aromatic rings. The fourth-order valence-electron chi connectivity index (χ4n) is 12.2. The van der Waals surface area contributed by atoms with Gasteiger partial charge in [0.2, 0.25) is 0 Å². The van der Waals surface area contributed by atoms with Crippen LogP contribution in [0.1, 0.15) is 54.9 Å². The summed E-state index contributed by atoms with van der Waals surface area (Å²) in [5, 5.41) is 8.40. The number of azide groups is 2. The molecule has 0 aliphatic carbocycles. The van der Waals surface area contributed by atoms with Crippen LogP contribution in [0.2, 0.25) is 0 Å². The Hall–Kier alpha value is -8.75. The molecule has 0 saturated carbocycles. The van der Waals surface area contributed by atoms with Crippen LogP contribution in [0.4, 0.5) is 0 Å². The molecule has 5 fully saturated rings. The van der Waals surface area contributed by atoms with Crippen LogP contribution in [0.15, 0.2) is 175 Å². The molecule has 100 heavy (non-hydrogen) atoms. The fourth-order valence-corrected chi connectivity index (χ4v) is 12.2. The molecule has 30 heteroatoms. The summed E-state index contributed by atoms with van der Waals surface area (Å²) >= 11 is 0. The van der Waals surface area contributed by atoms with E-state index in [-0.39, 0.29) is 39.6 Å². The lowest BCUT2D eigenvalue weighted by Crippen LogP contribution is -2.69. The second-order valence-electron chi connectivity index (χ2n) is 23.5. The Morgan fingerprint density at radius 3 is 1.35 bits per heavy atom. The van der Waals surface area contributed by atoms with Gasteiger partial charge in [0.05, 0.1) is 53.9 Å². The van der Waals surface area contributed by atoms with Crippen LogP contribution in [0.3, 0.4) is 0 Å². The molecular formula is C70H78N6O24. The minimum absolute atomic E-state index is 0.00485. The van der Waals surface area contributed by atoms with Crippen molar-refractivity contribution in [3.8, 4) is 0 Å². The van der Waals surface area contributed by atoms with Gasteiger partial charge >= 0.3 is 29.8 Å². The largest absolute Gasteiger partial charge is 0.467 e. The van der Waals surface area contributed by atoms with Crippen LogP contribution in [0, 0.1) is 0 Å². The van der Waals surface area contributed by atoms with Gasteiger partial charge in [-0.1, -0.05) is 168 Å². The number of ether oxygens (including phenoxy) is 19. The first-order chi connectivity index (χ1) is 48.7. The summed E-state index contributed by atoms with van der Waals surface area (Å²) in [6.07, 6.45) is -28.2. The lowest BCUT2D eigenvalue weighted by molar-refractivity contribution is -0.384. The molecule has 532 valence electrons. The van der Waals surface area contributed by atoms with Gasteiger partial charge in [0.25, 0.3) is 0 Å². The first-order valence-corrected chi connectivity index (χ1v) is 32.2. The van der Waals surface area contributed by atoms with Crippen LogP contribution in [-0.2, 0) is 140 Å². The number of carbonyl (C=O) groups is 5. The number of fused-ring (bicyclic) bond motifs is 1. The topological polar surface area (TPSA) is 358 Å². The Labute approximate surface area is 575 Å². The van der Waals surface area contributed by atoms with Gasteiger partial charge in [-0.05, 0) is 33.3 Å². The van der Waals surface area contributed by atoms with Crippen molar-refractivity contribution >= 4 is 29.8 Å². The van der Waals surface area contributed by atoms with Gasteiger partial charge in [0.1, 0.15) is 79.7 Å². The normalized spacial score (nSPS) is 30.9. The van der Waals surface area contributed by atoms with E-state index in [9.17, 15) is 35.0 Å². The molecule has 10 rings (SSSR count). The molecule has 0 bridgehead atoms. The summed E-state index contributed by atoms with van der Waals surface area (Å²) in [7, 11) is 2.18. The molecule has 5 aliphatic heterocycles. The predicted octanol–water partition coefficient (Wildman–Crippen LogP) is 7.83. The monoisotopic (exact) mass is 1390 g/mol. The molecule has 5 aliphatic rings. The average Bonchev–Trinajstić information content (AvgIpc) is 0.762. The summed E-state index contributed by atoms with van der Waals surface area (Å²) in [6, 6.07) is 41.6. The maximum absolute atomic E-state index is 14.8. The molecule has 0 spiro atoms. The molecule has 21 atom stereocenters. The van der Waals surface area contributed by atoms with Crippen LogP contribution >= 0.6 is 0 Å². The van der Waals surface area contributed by atoms with Crippen molar-refractivity contribution in [1.29, 1.82) is 0 Å². The van der Waals surface area contributed by atoms with Crippen molar-refractivity contribution < 1.29 is 114 Å². The molecule has 0 aromatic heterocycles. The van der Waals surface area contributed by atoms with E-state index in [4.69, 9.17) is 90.0 Å². The van der Waals surface area contributed by atoms with Crippen molar-refractivity contribution in [3.63, 3.8) is 0 Å². The third-order valence-electron chi connectivity index (χ3n) is 16.7. The predicted molar refractivity (Wildman–Crippen MR) is 343 cm³/mol. The molecule has 5 saturated heterocycles. The molecule has 0 amide bonds. The van der Waals surface area contributed by atoms with E-state index in [0.717, 1.165) is 40.6 Å². The van der Waals surface area contributed by atoms with Crippen molar-refractivity contribution in [3.05, 3.63) is 213 Å². The average molecular weight is 1390 g/mol. The van der Waals surface area contributed by atoms with E-state index in [1.54, 1.807) is 91.0 Å². The summed E-state index contributed by atoms with van der Waals surface area (Å²) in [6.45, 7) is 5.44. The minimum atomic E-state index is -1.99. The Kier molecular flexibility index (Phi) is 27.0. The number of methoxy groups -OCH3 is 2. The van der Waals surface area contributed by atoms with E-state index < -0.39 is 165 Å². The maximum atomic E-state index is 14.8. The van der Waals surface area contributed by atoms with E-state index in [1.807, 2.05) is 60.7 Å². The third-order valence-corrected chi connectivity index (χ3v) is 16.7. The molecule has 5 heterocycles. The SMILES string of the molecule is C=CCO[C@@H]1O[C@@H](C(=O)OC)[C@@H](O[C@H]2O[C@H](COC(C)=O)[C@@H](O[C@@H]3O[C@@H](C(=O)OC)[C@@H](O[C@H]4O[C@@H]5CO[C@@H](c6ccccc6)O[C@H]5[C@H](OCc5ccccc5)[C@H]4N=[N+]=[N-])[C@H](OCc4ccccc4)[C@H]3OC(C)=O)[C@H](OCc3ccccc3)[C@H]2N=[N+]=[N-])[C@H](OCc2ccccc2)[C@H]1OC(C)=O. The van der Waals surface area contributed by atoms with Gasteiger partial charge < -0.3 is 90.0 Å². The zero-order valence-electron chi connectivity index (χ0n) is 55.3. The number of hydrogen-bond acceptors (Lipinski definition) is 26. The second kappa shape index (κ2) is 36.5. The number of carbonyl (C=O) groups excluding carboxylic acids is 5. The number of esters is 5. The number of nitrogens with zero attached hydrogens (tertiary/aromatic N) is 6. The van der Waals surface area contributed by atoms with Crippen LogP contribution in [0.5, 0.6) is 0 Å². The van der Waals surface area contributed by atoms with Crippen molar-refractivity contribution in [2.24, 2.45) is 10.2 Å². The minimum Gasteiger partial charge on any atom is -0.467 e. The molecule has 0 N–H and O–H groups in total. The first kappa shape index (κ1) is 74.0. The molecule has 5 aromatic carbocycles. The maximum Gasteiger partial charge on any atom is 0.337 e. The lowest BCUT2D eigenvalue weighted by Gasteiger charge is -2.51. The number of rotatable bonds is 30. The van der Waals surface area contributed by atoms with Crippen molar-refractivity contribution in [2.75, 3.05) is 34.0 Å². The first-order valence-electron chi connectivity index (χ1n) is 32.2. The van der Waals surface area contributed by atoms with Crippen molar-refractivity contribution in [1.82, 2.24) is 0 Å². The van der Waals surface area contributed by atoms with E-state index in [2.05, 4.69) is 26.6 Å². The van der Waals surface area contributed by atoms with E-state index in [0.29, 0.717) is 22.3 Å². The third kappa shape index (κ3) is 19.0. The quantitative estimate of drug-likeness (QED) is 0.0105. The highest BCUT2D eigenvalue weighted by Crippen LogP contribution is 2.42. The van der Waals surface area contributed by atoms with Gasteiger partial charge in [-0.3, -0.25) is 14.4 Å². The highest BCUT2D eigenvalue weighted by molar-refractivity contribution is 5.76. The lowest BCUT2D eigenvalue weighted by atomic mass is 9.93. The van der Waals surface area contributed by atoms with Gasteiger partial charge in [-0.15, -0.1) is 6.58 Å². The molecular weight excluding hydrogens is 1310 g/mol. The fraction of sp³-hybridized carbons (Fsp3) is 0.471. The van der Waals surface area contributed by atoms with Crippen LogP contribution in [0.25, 0.3) is 20.9 Å². The summed E-state index contributed by atoms with van der Waals surface area (Å²) < 4.78 is 121. The summed E-state index contributed by atoms with van der Waals surface area (Å²) in [5.41, 5.74) is 24.3. The second-order valence-corrected chi connectivity index (χ2v) is 23.5. The smallest absolute Gasteiger partial charge is 0.337 e. The number of benzene rings is 5. The Bertz CT molecular complexity index is 3570. The standard InChI is InChI=1S/C70H78N6O24/c1-7-33-84-69-62(91-41(3)78)56(88-36-45-27-17-10-18-28-45)58(60(99-69)64(80)82-5)97-67-51(74-76-72)55(87-35-44-25-15-9-16-26-44)53(48(93-67)38-85-40(2)77)96-70-63(92-42(4)79)57(89-37-46-29-19-11-20-30-46)59(61(100-70)65(81)83-6)98-68-50(73-75-71)54(86-34-43-23-13-8-14-24-43)52-49(94-68)39-90-66(95-52)47-31-21-12-22-32-47/h7-32,48-63,66-70H,1,33-39H2,2-6H3/t48-,49-,50-,51-,52-,53-,54-,55-,56+,57+,58+,59+,60-,61-,62-,63-,66-,67-,68-,69-,70-/m1/s1. The zero-order valence-corrected chi connectivity index (χ0v) is 55.3. The van der Waals surface area contributed by atoms with Gasteiger partial charge in [-0.2, -0.15) is 0 Å². The zero-order chi connectivity index (χ0) is 70.5. The Morgan fingerprint density at radius 2 is 0.900 bits per heavy atom. The van der Waals surface area contributed by atoms with Gasteiger partial charge in [0.15, 0.2) is 55.9 Å². The molecule has 0 radical (unpaired) electrons.